The summed E-state index contributed by atoms with van der Waals surface area (Å²) in [7, 11) is 0. The van der Waals surface area contributed by atoms with Crippen LogP contribution in [0.3, 0.4) is 0 Å². The average molecular weight is 370 g/mol. The van der Waals surface area contributed by atoms with Gasteiger partial charge in [0.1, 0.15) is 12.0 Å². The Hall–Kier alpha value is -0.950. The highest BCUT2D eigenvalue weighted by Gasteiger charge is 2.20. The molecule has 5 nitrogen and oxygen atoms in total. The van der Waals surface area contributed by atoms with Gasteiger partial charge in [-0.05, 0) is 30.7 Å². The minimum atomic E-state index is -0.125. The number of carbonyl (C=O) groups is 1. The van der Waals surface area contributed by atoms with Crippen molar-refractivity contribution in [2.45, 2.75) is 19.0 Å². The maximum atomic E-state index is 10.5. The molecule has 2 N–H and O–H groups in total. The molecule has 1 fully saturated rings. The summed E-state index contributed by atoms with van der Waals surface area (Å²) in [5, 5.41) is 0. The molecule has 1 saturated heterocycles. The van der Waals surface area contributed by atoms with E-state index in [0.29, 0.717) is 6.42 Å². The van der Waals surface area contributed by atoms with Crippen LogP contribution >= 0.6 is 15.9 Å². The minimum Gasteiger partial charge on any atom is -0.494 e. The van der Waals surface area contributed by atoms with E-state index in [4.69, 9.17) is 10.5 Å². The number of piperazine rings is 1. The number of aldehydes is 1. The predicted molar refractivity (Wildman–Crippen MR) is 90.9 cm³/mol. The van der Waals surface area contributed by atoms with Crippen molar-refractivity contribution < 1.29 is 9.53 Å². The molecule has 6 heteroatoms. The summed E-state index contributed by atoms with van der Waals surface area (Å²) in [6.45, 7) is 5.64. The van der Waals surface area contributed by atoms with Crippen molar-refractivity contribution in [3.63, 3.8) is 0 Å². The van der Waals surface area contributed by atoms with Crippen molar-refractivity contribution in [1.29, 1.82) is 0 Å². The third-order valence-corrected chi connectivity index (χ3v) is 4.44. The van der Waals surface area contributed by atoms with Crippen LogP contribution < -0.4 is 10.5 Å². The second-order valence-electron chi connectivity index (χ2n) is 5.50. The van der Waals surface area contributed by atoms with Crippen molar-refractivity contribution in [1.82, 2.24) is 9.80 Å². The first-order valence-electron chi connectivity index (χ1n) is 7.73. The van der Waals surface area contributed by atoms with E-state index in [0.717, 1.165) is 62.3 Å². The van der Waals surface area contributed by atoms with Gasteiger partial charge < -0.3 is 20.2 Å². The summed E-state index contributed by atoms with van der Waals surface area (Å²) in [6, 6.07) is 7.91. The van der Waals surface area contributed by atoms with Gasteiger partial charge in [0.05, 0.1) is 12.8 Å². The molecule has 0 spiro atoms. The molecule has 1 aliphatic rings. The topological polar surface area (TPSA) is 58.8 Å². The van der Waals surface area contributed by atoms with E-state index < -0.39 is 0 Å². The average Bonchev–Trinajstić information content (AvgIpc) is 2.54. The highest BCUT2D eigenvalue weighted by atomic mass is 79.9. The molecule has 1 atom stereocenters. The zero-order chi connectivity index (χ0) is 15.8. The van der Waals surface area contributed by atoms with Crippen molar-refractivity contribution in [2.24, 2.45) is 5.73 Å². The van der Waals surface area contributed by atoms with E-state index in [1.54, 1.807) is 0 Å². The first kappa shape index (κ1) is 17.4. The molecule has 1 unspecified atom stereocenters. The first-order chi connectivity index (χ1) is 10.7. The Balaban J connectivity index is 1.59. The SMILES string of the molecule is NC(CC=O)N1CCN(CCCOc2ccc(Br)cc2)CC1. The van der Waals surface area contributed by atoms with Gasteiger partial charge in [-0.25, -0.2) is 0 Å². The van der Waals surface area contributed by atoms with Gasteiger partial charge in [0.15, 0.2) is 0 Å². The Bertz CT molecular complexity index is 447. The summed E-state index contributed by atoms with van der Waals surface area (Å²) in [6.07, 6.45) is 2.20. The van der Waals surface area contributed by atoms with Crippen molar-refractivity contribution in [2.75, 3.05) is 39.3 Å². The minimum absolute atomic E-state index is 0.125. The number of halogens is 1. The number of nitrogens with zero attached hydrogens (tertiary/aromatic N) is 2. The van der Waals surface area contributed by atoms with E-state index in [1.165, 1.54) is 0 Å². The van der Waals surface area contributed by atoms with Gasteiger partial charge in [0.2, 0.25) is 0 Å². The lowest BCUT2D eigenvalue weighted by Crippen LogP contribution is -2.53. The largest absolute Gasteiger partial charge is 0.494 e. The zero-order valence-corrected chi connectivity index (χ0v) is 14.4. The summed E-state index contributed by atoms with van der Waals surface area (Å²) in [5.74, 6) is 0.910. The highest BCUT2D eigenvalue weighted by molar-refractivity contribution is 9.10. The fourth-order valence-corrected chi connectivity index (χ4v) is 2.84. The fraction of sp³-hybridized carbons (Fsp3) is 0.562. The predicted octanol–water partition coefficient (Wildman–Crippen LogP) is 1.71. The second kappa shape index (κ2) is 9.25. The smallest absolute Gasteiger partial charge is 0.122 e. The number of hydrogen-bond acceptors (Lipinski definition) is 5. The normalized spacial score (nSPS) is 18.1. The lowest BCUT2D eigenvalue weighted by Gasteiger charge is -2.37. The molecule has 0 aromatic heterocycles. The third-order valence-electron chi connectivity index (χ3n) is 3.91. The molecule has 22 heavy (non-hydrogen) atoms. The maximum Gasteiger partial charge on any atom is 0.122 e. The Morgan fingerprint density at radius 2 is 1.91 bits per heavy atom. The molecule has 1 aromatic rings. The number of hydrogen-bond donors (Lipinski definition) is 1. The van der Waals surface area contributed by atoms with Crippen LogP contribution in [0.4, 0.5) is 0 Å². The van der Waals surface area contributed by atoms with Gasteiger partial charge in [-0.15, -0.1) is 0 Å². The van der Waals surface area contributed by atoms with E-state index in [-0.39, 0.29) is 6.17 Å². The van der Waals surface area contributed by atoms with Gasteiger partial charge >= 0.3 is 0 Å². The van der Waals surface area contributed by atoms with Gasteiger partial charge in [0.25, 0.3) is 0 Å². The number of benzene rings is 1. The maximum absolute atomic E-state index is 10.5. The molecule has 1 heterocycles. The Morgan fingerprint density at radius 3 is 2.55 bits per heavy atom. The van der Waals surface area contributed by atoms with Gasteiger partial charge in [-0.2, -0.15) is 0 Å². The summed E-state index contributed by atoms with van der Waals surface area (Å²) in [5.41, 5.74) is 5.95. The van der Waals surface area contributed by atoms with E-state index in [9.17, 15) is 4.79 Å². The first-order valence-corrected chi connectivity index (χ1v) is 8.52. The molecule has 0 amide bonds. The van der Waals surface area contributed by atoms with E-state index >= 15 is 0 Å². The number of rotatable bonds is 8. The van der Waals surface area contributed by atoms with Crippen molar-refractivity contribution in [3.05, 3.63) is 28.7 Å². The van der Waals surface area contributed by atoms with Crippen LogP contribution in [0.15, 0.2) is 28.7 Å². The molecule has 0 bridgehead atoms. The molecule has 2 rings (SSSR count). The lowest BCUT2D eigenvalue weighted by atomic mass is 10.2. The van der Waals surface area contributed by atoms with Crippen LogP contribution in [0.2, 0.25) is 0 Å². The number of carbonyl (C=O) groups excluding carboxylic acids is 1. The quantitative estimate of drug-likeness (QED) is 0.558. The molecule has 0 saturated carbocycles. The van der Waals surface area contributed by atoms with Gasteiger partial charge in [-0.3, -0.25) is 4.90 Å². The lowest BCUT2D eigenvalue weighted by molar-refractivity contribution is -0.109. The molecule has 122 valence electrons. The highest BCUT2D eigenvalue weighted by Crippen LogP contribution is 2.16. The van der Waals surface area contributed by atoms with Crippen LogP contribution in [0.5, 0.6) is 5.75 Å². The monoisotopic (exact) mass is 369 g/mol. The van der Waals surface area contributed by atoms with E-state index in [1.807, 2.05) is 24.3 Å². The molecule has 1 aliphatic heterocycles. The Labute approximate surface area is 140 Å². The van der Waals surface area contributed by atoms with Crippen LogP contribution in [-0.2, 0) is 4.79 Å². The number of nitrogens with two attached hydrogens (primary N) is 1. The molecular weight excluding hydrogens is 346 g/mol. The molecular formula is C16H24BrN3O2. The summed E-state index contributed by atoms with van der Waals surface area (Å²) in [4.78, 5) is 15.1. The molecule has 1 aromatic carbocycles. The van der Waals surface area contributed by atoms with Crippen LogP contribution in [-0.4, -0.2) is 61.6 Å². The molecule has 0 radical (unpaired) electrons. The summed E-state index contributed by atoms with van der Waals surface area (Å²) < 4.78 is 6.79. The second-order valence-corrected chi connectivity index (χ2v) is 6.42. The van der Waals surface area contributed by atoms with Crippen LogP contribution in [0.25, 0.3) is 0 Å². The van der Waals surface area contributed by atoms with E-state index in [2.05, 4.69) is 25.7 Å². The Kier molecular flexibility index (Phi) is 7.32. The third kappa shape index (κ3) is 5.68. The van der Waals surface area contributed by atoms with Crippen molar-refractivity contribution >= 4 is 22.2 Å². The van der Waals surface area contributed by atoms with Crippen LogP contribution in [0.1, 0.15) is 12.8 Å². The van der Waals surface area contributed by atoms with Crippen LogP contribution in [0, 0.1) is 0 Å². The summed E-state index contributed by atoms with van der Waals surface area (Å²) >= 11 is 3.41. The number of ether oxygens (including phenoxy) is 1. The van der Waals surface area contributed by atoms with Gasteiger partial charge in [0, 0.05) is 43.6 Å². The van der Waals surface area contributed by atoms with Gasteiger partial charge in [-0.1, -0.05) is 15.9 Å². The zero-order valence-electron chi connectivity index (χ0n) is 12.8. The standard InChI is InChI=1S/C16H24BrN3O2/c17-14-2-4-15(5-3-14)22-13-1-7-19-8-10-20(11-9-19)16(18)6-12-21/h2-5,12,16H,1,6-11,13,18H2. The van der Waals surface area contributed by atoms with Crippen molar-refractivity contribution in [3.8, 4) is 5.75 Å². The Morgan fingerprint density at radius 1 is 1.23 bits per heavy atom. The molecule has 0 aliphatic carbocycles. The fourth-order valence-electron chi connectivity index (χ4n) is 2.58.